The minimum absolute atomic E-state index is 0.115. The summed E-state index contributed by atoms with van der Waals surface area (Å²) in [5.41, 5.74) is -0.01000. The Balaban J connectivity index is 2.64. The molecule has 0 saturated carbocycles. The molecule has 7 heteroatoms. The van der Waals surface area contributed by atoms with E-state index in [9.17, 15) is 9.59 Å². The predicted molar refractivity (Wildman–Crippen MR) is 66.5 cm³/mol. The molecule has 0 aliphatic carbocycles. The van der Waals surface area contributed by atoms with Gasteiger partial charge in [0.25, 0.3) is 0 Å². The molecule has 104 valence electrons. The van der Waals surface area contributed by atoms with Gasteiger partial charge >= 0.3 is 12.1 Å². The lowest BCUT2D eigenvalue weighted by Gasteiger charge is -2.21. The third-order valence-corrected chi connectivity index (χ3v) is 2.07. The number of nitrogens with zero attached hydrogens (tertiary/aromatic N) is 2. The summed E-state index contributed by atoms with van der Waals surface area (Å²) >= 11 is 0. The molecule has 2 N–H and O–H groups in total. The Kier molecular flexibility index (Phi) is 4.80. The second-order valence-electron chi connectivity index (χ2n) is 4.99. The minimum atomic E-state index is -1.14. The van der Waals surface area contributed by atoms with Gasteiger partial charge in [-0.25, -0.2) is 9.59 Å². The van der Waals surface area contributed by atoms with Crippen molar-refractivity contribution in [3.05, 3.63) is 24.0 Å². The molecule has 7 nitrogen and oxygen atoms in total. The van der Waals surface area contributed by atoms with E-state index in [4.69, 9.17) is 9.84 Å². The molecule has 0 bridgehead atoms. The van der Waals surface area contributed by atoms with Crippen LogP contribution in [-0.4, -0.2) is 39.0 Å². The molecule has 19 heavy (non-hydrogen) atoms. The maximum Gasteiger partial charge on any atom is 0.408 e. The number of carboxylic acid groups (broad SMARTS) is 1. The van der Waals surface area contributed by atoms with Crippen LogP contribution in [0.1, 0.15) is 26.3 Å². The Morgan fingerprint density at radius 3 is 2.58 bits per heavy atom. The van der Waals surface area contributed by atoms with Crippen LogP contribution in [-0.2, 0) is 16.0 Å². The maximum atomic E-state index is 11.5. The highest BCUT2D eigenvalue weighted by atomic mass is 16.6. The highest BCUT2D eigenvalue weighted by Gasteiger charge is 2.24. The van der Waals surface area contributed by atoms with Crippen molar-refractivity contribution in [2.24, 2.45) is 0 Å². The Morgan fingerprint density at radius 1 is 1.42 bits per heavy atom. The van der Waals surface area contributed by atoms with Crippen LogP contribution in [0.2, 0.25) is 0 Å². The zero-order valence-electron chi connectivity index (χ0n) is 11.1. The van der Waals surface area contributed by atoms with Gasteiger partial charge in [-0.2, -0.15) is 10.2 Å². The van der Waals surface area contributed by atoms with E-state index in [1.165, 1.54) is 12.4 Å². The highest BCUT2D eigenvalue weighted by Crippen LogP contribution is 2.08. The largest absolute Gasteiger partial charge is 0.480 e. The minimum Gasteiger partial charge on any atom is -0.480 e. The van der Waals surface area contributed by atoms with Crippen molar-refractivity contribution in [1.82, 2.24) is 15.5 Å². The number of ether oxygens (including phenoxy) is 1. The van der Waals surface area contributed by atoms with E-state index >= 15 is 0 Å². The number of nitrogens with one attached hydrogen (secondary N) is 1. The van der Waals surface area contributed by atoms with E-state index < -0.39 is 23.7 Å². The zero-order chi connectivity index (χ0) is 14.5. The van der Waals surface area contributed by atoms with Gasteiger partial charge in [0.05, 0.1) is 6.20 Å². The van der Waals surface area contributed by atoms with Crippen LogP contribution in [0.25, 0.3) is 0 Å². The van der Waals surface area contributed by atoms with Gasteiger partial charge in [-0.15, -0.1) is 0 Å². The van der Waals surface area contributed by atoms with E-state index in [0.717, 1.165) is 0 Å². The van der Waals surface area contributed by atoms with Crippen molar-refractivity contribution in [3.63, 3.8) is 0 Å². The predicted octanol–water partition coefficient (Wildman–Crippen LogP) is 0.997. The summed E-state index contributed by atoms with van der Waals surface area (Å²) in [7, 11) is 0. The second-order valence-corrected chi connectivity index (χ2v) is 4.99. The molecule has 0 saturated heterocycles. The first-order valence-corrected chi connectivity index (χ1v) is 5.76. The molecular weight excluding hydrogens is 250 g/mol. The number of hydrogen-bond acceptors (Lipinski definition) is 5. The van der Waals surface area contributed by atoms with E-state index in [-0.39, 0.29) is 6.42 Å². The molecular formula is C12H17N3O4. The van der Waals surface area contributed by atoms with Crippen LogP contribution in [0.4, 0.5) is 4.79 Å². The quantitative estimate of drug-likeness (QED) is 0.843. The third-order valence-electron chi connectivity index (χ3n) is 2.07. The second kappa shape index (κ2) is 6.12. The van der Waals surface area contributed by atoms with Crippen LogP contribution in [0.15, 0.2) is 18.5 Å². The smallest absolute Gasteiger partial charge is 0.408 e. The summed E-state index contributed by atoms with van der Waals surface area (Å²) in [6.45, 7) is 5.11. The van der Waals surface area contributed by atoms with Gasteiger partial charge in [0.15, 0.2) is 0 Å². The monoisotopic (exact) mass is 267 g/mol. The number of aliphatic carboxylic acids is 1. The van der Waals surface area contributed by atoms with E-state index in [1.54, 1.807) is 26.8 Å². The average Bonchev–Trinajstić information content (AvgIpc) is 2.26. The fourth-order valence-corrected chi connectivity index (χ4v) is 1.32. The van der Waals surface area contributed by atoms with Gasteiger partial charge in [-0.3, -0.25) is 0 Å². The van der Waals surface area contributed by atoms with Crippen LogP contribution in [0, 0.1) is 0 Å². The molecule has 1 unspecified atom stereocenters. The maximum absolute atomic E-state index is 11.5. The Bertz CT molecular complexity index is 442. The van der Waals surface area contributed by atoms with Gasteiger partial charge in [-0.1, -0.05) is 0 Å². The lowest BCUT2D eigenvalue weighted by atomic mass is 10.1. The number of aromatic nitrogens is 2. The Labute approximate surface area is 111 Å². The number of hydrogen-bond donors (Lipinski definition) is 2. The lowest BCUT2D eigenvalue weighted by molar-refractivity contribution is -0.139. The molecule has 1 atom stereocenters. The normalized spacial score (nSPS) is 12.6. The van der Waals surface area contributed by atoms with Crippen LogP contribution in [0.3, 0.4) is 0 Å². The standard InChI is InChI=1S/C12H17N3O4/c1-12(2,3)19-11(18)15-9(10(16)17)6-8-4-5-13-14-7-8/h4-5,7,9H,6H2,1-3H3,(H,15,18)(H,16,17). The molecule has 1 aromatic heterocycles. The fraction of sp³-hybridized carbons (Fsp3) is 0.500. The van der Waals surface area contributed by atoms with Crippen LogP contribution < -0.4 is 5.32 Å². The van der Waals surface area contributed by atoms with Crippen molar-refractivity contribution in [1.29, 1.82) is 0 Å². The van der Waals surface area contributed by atoms with Crippen LogP contribution in [0.5, 0.6) is 0 Å². The number of amides is 1. The first-order valence-electron chi connectivity index (χ1n) is 5.76. The van der Waals surface area contributed by atoms with E-state index in [1.807, 2.05) is 0 Å². The summed E-state index contributed by atoms with van der Waals surface area (Å²) in [5, 5.41) is 18.6. The van der Waals surface area contributed by atoms with Crippen molar-refractivity contribution in [2.45, 2.75) is 38.8 Å². The van der Waals surface area contributed by atoms with Gasteiger partial charge in [0.1, 0.15) is 11.6 Å². The average molecular weight is 267 g/mol. The highest BCUT2D eigenvalue weighted by molar-refractivity contribution is 5.80. The third kappa shape index (κ3) is 5.80. The van der Waals surface area contributed by atoms with E-state index in [2.05, 4.69) is 15.5 Å². The van der Waals surface area contributed by atoms with Crippen molar-refractivity contribution in [2.75, 3.05) is 0 Å². The summed E-state index contributed by atoms with van der Waals surface area (Å²) in [4.78, 5) is 22.6. The first kappa shape index (κ1) is 14.9. The molecule has 0 aromatic carbocycles. The summed E-state index contributed by atoms with van der Waals surface area (Å²) in [5.74, 6) is -1.14. The molecule has 1 amide bonds. The Morgan fingerprint density at radius 2 is 2.11 bits per heavy atom. The number of carbonyl (C=O) groups is 2. The molecule has 0 radical (unpaired) electrons. The molecule has 1 aromatic rings. The molecule has 1 rings (SSSR count). The number of carboxylic acids is 1. The molecule has 0 fully saturated rings. The topological polar surface area (TPSA) is 101 Å². The fourth-order valence-electron chi connectivity index (χ4n) is 1.32. The number of rotatable bonds is 4. The Hall–Kier alpha value is -2.18. The van der Waals surface area contributed by atoms with Gasteiger partial charge in [0.2, 0.25) is 0 Å². The number of alkyl carbamates (subject to hydrolysis) is 1. The summed E-state index contributed by atoms with van der Waals surface area (Å²) < 4.78 is 5.01. The van der Waals surface area contributed by atoms with Crippen molar-refractivity contribution >= 4 is 12.1 Å². The van der Waals surface area contributed by atoms with E-state index in [0.29, 0.717) is 5.56 Å². The molecule has 0 aliphatic rings. The van der Waals surface area contributed by atoms with Crippen LogP contribution >= 0.6 is 0 Å². The van der Waals surface area contributed by atoms with Gasteiger partial charge in [-0.05, 0) is 32.4 Å². The first-order chi connectivity index (χ1) is 8.78. The molecule has 1 heterocycles. The zero-order valence-corrected chi connectivity index (χ0v) is 11.1. The summed E-state index contributed by atoms with van der Waals surface area (Å²) in [6, 6.07) is 0.568. The summed E-state index contributed by atoms with van der Waals surface area (Å²) in [6.07, 6.45) is 2.26. The lowest BCUT2D eigenvalue weighted by Crippen LogP contribution is -2.44. The number of carbonyl (C=O) groups excluding carboxylic acids is 1. The molecule has 0 spiro atoms. The SMILES string of the molecule is CC(C)(C)OC(=O)NC(Cc1ccnnc1)C(=O)O. The van der Waals surface area contributed by atoms with Gasteiger partial charge in [0, 0.05) is 12.6 Å². The van der Waals surface area contributed by atoms with Crippen molar-refractivity contribution in [3.8, 4) is 0 Å². The van der Waals surface area contributed by atoms with Gasteiger partial charge < -0.3 is 15.2 Å². The van der Waals surface area contributed by atoms with Crippen molar-refractivity contribution < 1.29 is 19.4 Å². The molecule has 0 aliphatic heterocycles.